The first-order valence-electron chi connectivity index (χ1n) is 9.63. The van der Waals surface area contributed by atoms with E-state index < -0.39 is 0 Å². The van der Waals surface area contributed by atoms with E-state index in [1.807, 2.05) is 0 Å². The summed E-state index contributed by atoms with van der Waals surface area (Å²) >= 11 is 0. The lowest BCUT2D eigenvalue weighted by Crippen LogP contribution is -2.27. The van der Waals surface area contributed by atoms with Crippen LogP contribution in [0.1, 0.15) is 65.2 Å². The van der Waals surface area contributed by atoms with Gasteiger partial charge in [0, 0.05) is 13.1 Å². The summed E-state index contributed by atoms with van der Waals surface area (Å²) in [5, 5.41) is 0. The van der Waals surface area contributed by atoms with Crippen LogP contribution in [0.5, 0.6) is 0 Å². The highest BCUT2D eigenvalue weighted by Crippen LogP contribution is 2.34. The van der Waals surface area contributed by atoms with E-state index in [0.717, 1.165) is 38.1 Å². The third kappa shape index (κ3) is 7.94. The maximum Gasteiger partial charge on any atom is 0.0936 e. The van der Waals surface area contributed by atoms with Gasteiger partial charge in [-0.05, 0) is 25.3 Å². The van der Waals surface area contributed by atoms with Gasteiger partial charge in [0.15, 0.2) is 0 Å². The van der Waals surface area contributed by atoms with Gasteiger partial charge in [0.2, 0.25) is 0 Å². The fourth-order valence-corrected chi connectivity index (χ4v) is 3.86. The highest BCUT2D eigenvalue weighted by atomic mass is 16.6. The minimum atomic E-state index is 0.517. The molecule has 3 rings (SSSR count). The van der Waals surface area contributed by atoms with Crippen LogP contribution in [0, 0.1) is 11.8 Å². The van der Waals surface area contributed by atoms with Crippen molar-refractivity contribution < 1.29 is 9.47 Å². The standard InChI is InChI=1S/C12H24.C7H13NO2/c1-3-6-11-8-5-9-12(10-11)7-4-2;1-8(2-6-4-9-6)3-7-5-10-7/h11-12H,3-10H2,1-2H3;6-7H,2-5H2,1H3. The molecule has 0 amide bonds. The lowest BCUT2D eigenvalue weighted by molar-refractivity contribution is 0.242. The highest BCUT2D eigenvalue weighted by molar-refractivity contribution is 4.78. The van der Waals surface area contributed by atoms with Crippen molar-refractivity contribution in [3.8, 4) is 0 Å². The van der Waals surface area contributed by atoms with Crippen LogP contribution in [0.3, 0.4) is 0 Å². The van der Waals surface area contributed by atoms with Crippen LogP contribution in [-0.2, 0) is 9.47 Å². The van der Waals surface area contributed by atoms with Gasteiger partial charge in [0.25, 0.3) is 0 Å². The Morgan fingerprint density at radius 1 is 0.864 bits per heavy atom. The molecule has 2 heterocycles. The van der Waals surface area contributed by atoms with Crippen molar-refractivity contribution >= 4 is 0 Å². The normalized spacial score (nSPS) is 33.3. The van der Waals surface area contributed by atoms with E-state index in [-0.39, 0.29) is 0 Å². The smallest absolute Gasteiger partial charge is 0.0936 e. The molecular formula is C19H37NO2. The molecule has 22 heavy (non-hydrogen) atoms. The fraction of sp³-hybridized carbons (Fsp3) is 1.00. The van der Waals surface area contributed by atoms with E-state index in [1.165, 1.54) is 44.9 Å². The Bertz CT molecular complexity index is 259. The average Bonchev–Trinajstić information content (AvgIpc) is 3.38. The molecule has 0 bridgehead atoms. The molecule has 0 N–H and O–H groups in total. The second kappa shape index (κ2) is 9.89. The molecule has 2 aliphatic heterocycles. The molecule has 4 atom stereocenters. The molecule has 0 aromatic carbocycles. The third-order valence-electron chi connectivity index (χ3n) is 5.12. The highest BCUT2D eigenvalue weighted by Gasteiger charge is 2.28. The molecule has 1 aliphatic carbocycles. The van der Waals surface area contributed by atoms with Crippen molar-refractivity contribution in [2.75, 3.05) is 33.4 Å². The van der Waals surface area contributed by atoms with Crippen molar-refractivity contribution in [2.24, 2.45) is 11.8 Å². The third-order valence-corrected chi connectivity index (χ3v) is 5.12. The van der Waals surface area contributed by atoms with E-state index >= 15 is 0 Å². The Labute approximate surface area is 137 Å². The zero-order chi connectivity index (χ0) is 15.8. The number of ether oxygens (including phenoxy) is 2. The molecule has 0 aromatic heterocycles. The van der Waals surface area contributed by atoms with Crippen LogP contribution in [0.2, 0.25) is 0 Å². The van der Waals surface area contributed by atoms with Gasteiger partial charge >= 0.3 is 0 Å². The Hall–Kier alpha value is -0.120. The minimum absolute atomic E-state index is 0.517. The van der Waals surface area contributed by atoms with E-state index in [1.54, 1.807) is 6.42 Å². The molecule has 3 aliphatic rings. The summed E-state index contributed by atoms with van der Waals surface area (Å²) in [4.78, 5) is 2.27. The van der Waals surface area contributed by atoms with Crippen molar-refractivity contribution in [1.82, 2.24) is 4.90 Å². The van der Waals surface area contributed by atoms with E-state index in [9.17, 15) is 0 Å². The van der Waals surface area contributed by atoms with Crippen LogP contribution in [0.25, 0.3) is 0 Å². The molecule has 0 radical (unpaired) electrons. The van der Waals surface area contributed by atoms with Gasteiger partial charge in [-0.1, -0.05) is 58.8 Å². The van der Waals surface area contributed by atoms with Gasteiger partial charge in [0.05, 0.1) is 25.4 Å². The first-order chi connectivity index (χ1) is 10.7. The van der Waals surface area contributed by atoms with E-state index in [4.69, 9.17) is 9.47 Å². The van der Waals surface area contributed by atoms with Crippen molar-refractivity contribution in [3.63, 3.8) is 0 Å². The summed E-state index contributed by atoms with van der Waals surface area (Å²) in [5.74, 6) is 2.17. The number of likely N-dealkylation sites (N-methyl/N-ethyl adjacent to an activating group) is 1. The average molecular weight is 312 g/mol. The molecule has 4 unspecified atom stereocenters. The van der Waals surface area contributed by atoms with Gasteiger partial charge in [-0.15, -0.1) is 0 Å². The van der Waals surface area contributed by atoms with Crippen LogP contribution in [-0.4, -0.2) is 50.5 Å². The zero-order valence-corrected chi connectivity index (χ0v) is 15.1. The SMILES string of the molecule is CCCC1CCCC(CCC)C1.CN(CC1CO1)CC1CO1. The van der Waals surface area contributed by atoms with E-state index in [2.05, 4.69) is 25.8 Å². The number of hydrogen-bond acceptors (Lipinski definition) is 3. The summed E-state index contributed by atoms with van der Waals surface area (Å²) in [6.07, 6.45) is 12.9. The fourth-order valence-electron chi connectivity index (χ4n) is 3.86. The van der Waals surface area contributed by atoms with Crippen molar-refractivity contribution in [1.29, 1.82) is 0 Å². The Morgan fingerprint density at radius 2 is 1.32 bits per heavy atom. The Morgan fingerprint density at radius 3 is 1.68 bits per heavy atom. The second-order valence-electron chi connectivity index (χ2n) is 7.61. The van der Waals surface area contributed by atoms with Gasteiger partial charge in [-0.3, -0.25) is 0 Å². The molecule has 2 saturated heterocycles. The first-order valence-corrected chi connectivity index (χ1v) is 9.63. The summed E-state index contributed by atoms with van der Waals surface area (Å²) in [7, 11) is 2.11. The molecule has 3 heteroatoms. The van der Waals surface area contributed by atoms with Gasteiger partial charge < -0.3 is 14.4 Å². The first kappa shape index (κ1) is 18.2. The summed E-state index contributed by atoms with van der Waals surface area (Å²) in [5.41, 5.74) is 0. The largest absolute Gasteiger partial charge is 0.372 e. The molecule has 3 nitrogen and oxygen atoms in total. The number of nitrogens with zero attached hydrogens (tertiary/aromatic N) is 1. The summed E-state index contributed by atoms with van der Waals surface area (Å²) in [6.45, 7) is 8.69. The zero-order valence-electron chi connectivity index (χ0n) is 15.1. The van der Waals surface area contributed by atoms with Gasteiger partial charge in [-0.2, -0.15) is 0 Å². The molecule has 3 fully saturated rings. The predicted molar refractivity (Wildman–Crippen MR) is 92.2 cm³/mol. The number of hydrogen-bond donors (Lipinski definition) is 0. The maximum absolute atomic E-state index is 5.10. The molecule has 1 saturated carbocycles. The van der Waals surface area contributed by atoms with Crippen molar-refractivity contribution in [2.45, 2.75) is 77.4 Å². The molecular weight excluding hydrogens is 274 g/mol. The minimum Gasteiger partial charge on any atom is -0.372 e. The summed E-state index contributed by atoms with van der Waals surface area (Å²) in [6, 6.07) is 0. The van der Waals surface area contributed by atoms with Crippen LogP contribution < -0.4 is 0 Å². The summed E-state index contributed by atoms with van der Waals surface area (Å²) < 4.78 is 10.2. The van der Waals surface area contributed by atoms with E-state index in [0.29, 0.717) is 12.2 Å². The lowest BCUT2D eigenvalue weighted by atomic mass is 9.78. The lowest BCUT2D eigenvalue weighted by Gasteiger charge is -2.28. The monoisotopic (exact) mass is 311 g/mol. The molecule has 0 spiro atoms. The molecule has 130 valence electrons. The second-order valence-corrected chi connectivity index (χ2v) is 7.61. The number of epoxide rings is 2. The predicted octanol–water partition coefficient (Wildman–Crippen LogP) is 4.11. The van der Waals surface area contributed by atoms with Crippen LogP contribution >= 0.6 is 0 Å². The van der Waals surface area contributed by atoms with Crippen LogP contribution in [0.4, 0.5) is 0 Å². The Kier molecular flexibility index (Phi) is 8.19. The molecule has 0 aromatic rings. The van der Waals surface area contributed by atoms with Gasteiger partial charge in [-0.25, -0.2) is 0 Å². The topological polar surface area (TPSA) is 28.3 Å². The van der Waals surface area contributed by atoms with Crippen molar-refractivity contribution in [3.05, 3.63) is 0 Å². The quantitative estimate of drug-likeness (QED) is 0.632. The van der Waals surface area contributed by atoms with Gasteiger partial charge in [0.1, 0.15) is 0 Å². The number of rotatable bonds is 8. The maximum atomic E-state index is 5.10. The Balaban J connectivity index is 0.000000162. The van der Waals surface area contributed by atoms with Crippen LogP contribution in [0.15, 0.2) is 0 Å².